The van der Waals surface area contributed by atoms with Crippen LogP contribution in [0.4, 0.5) is 0 Å². The van der Waals surface area contributed by atoms with Crippen LogP contribution >= 0.6 is 27.3 Å². The molecular weight excluding hydrogens is 312 g/mol. The summed E-state index contributed by atoms with van der Waals surface area (Å²) in [5, 5.41) is 1.70. The first-order chi connectivity index (χ1) is 8.60. The molecule has 0 spiro atoms. The van der Waals surface area contributed by atoms with E-state index >= 15 is 0 Å². The summed E-state index contributed by atoms with van der Waals surface area (Å²) in [5.74, 6) is 0.822. The largest absolute Gasteiger partial charge is 0.484 e. The summed E-state index contributed by atoms with van der Waals surface area (Å²) < 4.78 is 5.79. The molecule has 0 fully saturated rings. The first-order valence-electron chi connectivity index (χ1n) is 5.68. The number of alkyl halides is 1. The third-order valence-electron chi connectivity index (χ3n) is 2.62. The van der Waals surface area contributed by atoms with Crippen molar-refractivity contribution in [2.75, 3.05) is 0 Å². The van der Waals surface area contributed by atoms with Crippen molar-refractivity contribution in [1.29, 1.82) is 0 Å². The number of rotatable bonds is 4. The Morgan fingerprint density at radius 3 is 2.61 bits per heavy atom. The maximum absolute atomic E-state index is 5.79. The second-order valence-corrected chi connectivity index (χ2v) is 5.92. The number of hydrogen-bond donors (Lipinski definition) is 0. The number of nitrogens with zero attached hydrogens (tertiary/aromatic N) is 2. The summed E-state index contributed by atoms with van der Waals surface area (Å²) >= 11 is 5.11. The molecule has 0 saturated heterocycles. The number of pyridine rings is 1. The fourth-order valence-corrected chi connectivity index (χ4v) is 2.81. The Labute approximate surface area is 119 Å². The lowest BCUT2D eigenvalue weighted by Crippen LogP contribution is -2.00. The van der Waals surface area contributed by atoms with Gasteiger partial charge in [0.2, 0.25) is 0 Å². The van der Waals surface area contributed by atoms with Gasteiger partial charge in [-0.15, -0.1) is 11.3 Å². The van der Waals surface area contributed by atoms with Crippen LogP contribution in [-0.4, -0.2) is 9.97 Å². The second-order valence-electron chi connectivity index (χ2n) is 4.07. The summed E-state index contributed by atoms with van der Waals surface area (Å²) in [6, 6.07) is 3.92. The Morgan fingerprint density at radius 1 is 1.22 bits per heavy atom. The van der Waals surface area contributed by atoms with Crippen LogP contribution in [0.2, 0.25) is 0 Å². The summed E-state index contributed by atoms with van der Waals surface area (Å²) in [6.07, 6.45) is 0. The Kier molecular flexibility index (Phi) is 4.35. The molecule has 2 aromatic heterocycles. The minimum atomic E-state index is 0.504. The van der Waals surface area contributed by atoms with E-state index in [2.05, 4.69) is 32.8 Å². The monoisotopic (exact) mass is 326 g/mol. The third kappa shape index (κ3) is 3.09. The third-order valence-corrected chi connectivity index (χ3v) is 4.20. The van der Waals surface area contributed by atoms with Crippen molar-refractivity contribution >= 4 is 27.3 Å². The summed E-state index contributed by atoms with van der Waals surface area (Å²) in [5.41, 5.74) is 3.01. The maximum Gasteiger partial charge on any atom is 0.142 e. The zero-order valence-corrected chi connectivity index (χ0v) is 13.1. The van der Waals surface area contributed by atoms with E-state index in [-0.39, 0.29) is 0 Å². The zero-order chi connectivity index (χ0) is 13.1. The van der Waals surface area contributed by atoms with Gasteiger partial charge in [-0.3, -0.25) is 4.98 Å². The zero-order valence-electron chi connectivity index (χ0n) is 10.7. The van der Waals surface area contributed by atoms with Crippen molar-refractivity contribution < 1.29 is 4.74 Å². The first kappa shape index (κ1) is 13.5. The second kappa shape index (κ2) is 5.80. The van der Waals surface area contributed by atoms with E-state index in [4.69, 9.17) is 4.74 Å². The number of ether oxygens (including phenoxy) is 1. The summed E-state index contributed by atoms with van der Waals surface area (Å²) in [7, 11) is 0. The van der Waals surface area contributed by atoms with Gasteiger partial charge in [0, 0.05) is 15.9 Å². The predicted octanol–water partition coefficient (Wildman–Crippen LogP) is 3.94. The first-order valence-corrected chi connectivity index (χ1v) is 7.62. The average molecular weight is 327 g/mol. The molecule has 2 aromatic rings. The fourth-order valence-electron chi connectivity index (χ4n) is 1.57. The molecule has 0 N–H and O–H groups in total. The number of aromatic nitrogens is 2. The van der Waals surface area contributed by atoms with Gasteiger partial charge in [0.05, 0.1) is 11.4 Å². The summed E-state index contributed by atoms with van der Waals surface area (Å²) in [6.45, 7) is 6.58. The maximum atomic E-state index is 5.79. The van der Waals surface area contributed by atoms with Gasteiger partial charge in [0.25, 0.3) is 0 Å². The minimum Gasteiger partial charge on any atom is -0.484 e. The molecule has 2 heterocycles. The Hall–Kier alpha value is -0.940. The molecule has 18 heavy (non-hydrogen) atoms. The topological polar surface area (TPSA) is 35.0 Å². The lowest BCUT2D eigenvalue weighted by Gasteiger charge is -2.08. The lowest BCUT2D eigenvalue weighted by molar-refractivity contribution is 0.301. The van der Waals surface area contributed by atoms with E-state index < -0.39 is 0 Å². The van der Waals surface area contributed by atoms with Crippen LogP contribution in [0.3, 0.4) is 0 Å². The quantitative estimate of drug-likeness (QED) is 0.798. The SMILES string of the molecule is Cc1ccc(OCc2nc(C)c(C)s2)c(CBr)n1. The Balaban J connectivity index is 2.10. The molecular formula is C13H15BrN2OS. The van der Waals surface area contributed by atoms with E-state index in [9.17, 15) is 0 Å². The molecule has 0 aromatic carbocycles. The van der Waals surface area contributed by atoms with Crippen molar-refractivity contribution in [2.45, 2.75) is 32.7 Å². The fraction of sp³-hybridized carbons (Fsp3) is 0.385. The smallest absolute Gasteiger partial charge is 0.142 e. The number of aryl methyl sites for hydroxylation is 3. The van der Waals surface area contributed by atoms with Gasteiger partial charge in [0.15, 0.2) is 0 Å². The van der Waals surface area contributed by atoms with Crippen LogP contribution in [0.15, 0.2) is 12.1 Å². The highest BCUT2D eigenvalue weighted by Gasteiger charge is 2.08. The number of hydrogen-bond acceptors (Lipinski definition) is 4. The van der Waals surface area contributed by atoms with E-state index in [0.717, 1.165) is 27.8 Å². The van der Waals surface area contributed by atoms with Gasteiger partial charge in [-0.25, -0.2) is 4.98 Å². The van der Waals surface area contributed by atoms with Crippen LogP contribution in [0.1, 0.15) is 27.0 Å². The van der Waals surface area contributed by atoms with Gasteiger partial charge < -0.3 is 4.74 Å². The molecule has 96 valence electrons. The molecule has 0 saturated carbocycles. The minimum absolute atomic E-state index is 0.504. The average Bonchev–Trinajstić information content (AvgIpc) is 2.67. The molecule has 0 aliphatic rings. The molecule has 0 aliphatic heterocycles. The van der Waals surface area contributed by atoms with Crippen LogP contribution in [0, 0.1) is 20.8 Å². The molecule has 0 unspecified atom stereocenters. The molecule has 0 radical (unpaired) electrons. The van der Waals surface area contributed by atoms with Crippen LogP contribution in [0.25, 0.3) is 0 Å². The van der Waals surface area contributed by atoms with E-state index in [1.807, 2.05) is 26.0 Å². The molecule has 0 aliphatic carbocycles. The van der Waals surface area contributed by atoms with Crippen molar-refractivity contribution in [2.24, 2.45) is 0 Å². The van der Waals surface area contributed by atoms with E-state index in [1.54, 1.807) is 11.3 Å². The predicted molar refractivity (Wildman–Crippen MR) is 77.5 cm³/mol. The van der Waals surface area contributed by atoms with Crippen LogP contribution in [0.5, 0.6) is 5.75 Å². The standard InChI is InChI=1S/C13H15BrN2OS/c1-8-4-5-12(11(6-14)15-8)17-7-13-16-9(2)10(3)18-13/h4-5H,6-7H2,1-3H3. The highest BCUT2D eigenvalue weighted by molar-refractivity contribution is 9.08. The van der Waals surface area contributed by atoms with Crippen LogP contribution < -0.4 is 4.74 Å². The molecule has 0 atom stereocenters. The van der Waals surface area contributed by atoms with Gasteiger partial charge in [-0.2, -0.15) is 0 Å². The van der Waals surface area contributed by atoms with E-state index in [0.29, 0.717) is 11.9 Å². The Morgan fingerprint density at radius 2 is 2.00 bits per heavy atom. The highest BCUT2D eigenvalue weighted by atomic mass is 79.9. The van der Waals surface area contributed by atoms with Gasteiger partial charge >= 0.3 is 0 Å². The van der Waals surface area contributed by atoms with Crippen molar-refractivity contribution in [3.8, 4) is 5.75 Å². The number of halogens is 1. The van der Waals surface area contributed by atoms with Gasteiger partial charge in [-0.05, 0) is 32.9 Å². The van der Waals surface area contributed by atoms with E-state index in [1.165, 1.54) is 4.88 Å². The Bertz CT molecular complexity index is 534. The molecule has 2 rings (SSSR count). The van der Waals surface area contributed by atoms with Gasteiger partial charge in [-0.1, -0.05) is 15.9 Å². The summed E-state index contributed by atoms with van der Waals surface area (Å²) in [4.78, 5) is 10.1. The van der Waals surface area contributed by atoms with Crippen LogP contribution in [-0.2, 0) is 11.9 Å². The van der Waals surface area contributed by atoms with Gasteiger partial charge in [0.1, 0.15) is 17.4 Å². The normalized spacial score (nSPS) is 10.7. The van der Waals surface area contributed by atoms with Crippen molar-refractivity contribution in [3.63, 3.8) is 0 Å². The number of thiazole rings is 1. The molecule has 0 bridgehead atoms. The lowest BCUT2D eigenvalue weighted by atomic mass is 10.3. The van der Waals surface area contributed by atoms with Crippen molar-refractivity contribution in [3.05, 3.63) is 39.1 Å². The molecule has 0 amide bonds. The highest BCUT2D eigenvalue weighted by Crippen LogP contribution is 2.22. The van der Waals surface area contributed by atoms with Crippen molar-refractivity contribution in [1.82, 2.24) is 9.97 Å². The molecule has 3 nitrogen and oxygen atoms in total. The molecule has 5 heteroatoms.